The van der Waals surface area contributed by atoms with Gasteiger partial charge in [-0.3, -0.25) is 4.79 Å². The molecule has 0 bridgehead atoms. The van der Waals surface area contributed by atoms with Crippen LogP contribution in [-0.2, 0) is 11.2 Å². The summed E-state index contributed by atoms with van der Waals surface area (Å²) >= 11 is 3.48. The van der Waals surface area contributed by atoms with Crippen LogP contribution in [0.5, 0.6) is 0 Å². The van der Waals surface area contributed by atoms with Crippen molar-refractivity contribution in [3.8, 4) is 0 Å². The second-order valence-corrected chi connectivity index (χ2v) is 6.05. The summed E-state index contributed by atoms with van der Waals surface area (Å²) in [6, 6.07) is 7.72. The second kappa shape index (κ2) is 7.45. The Morgan fingerprint density at radius 2 is 2.14 bits per heavy atom. The van der Waals surface area contributed by atoms with Gasteiger partial charge in [-0.2, -0.15) is 0 Å². The Hall–Kier alpha value is -1.56. The molecular weight excluding hydrogens is 336 g/mol. The summed E-state index contributed by atoms with van der Waals surface area (Å²) in [5.74, 6) is -1.26. The molecule has 1 aromatic carbocycles. The highest BCUT2D eigenvalue weighted by molar-refractivity contribution is 9.10. The van der Waals surface area contributed by atoms with E-state index in [1.54, 1.807) is 4.90 Å². The SMILES string of the molecule is O=C(O)C1CCCN(C(=O)NCCc2ccccc2Br)C1. The molecule has 0 aliphatic carbocycles. The molecule has 0 spiro atoms. The van der Waals surface area contributed by atoms with Crippen molar-refractivity contribution in [3.05, 3.63) is 34.3 Å². The average molecular weight is 355 g/mol. The summed E-state index contributed by atoms with van der Waals surface area (Å²) in [7, 11) is 0. The predicted molar refractivity (Wildman–Crippen MR) is 83.2 cm³/mol. The number of piperidine rings is 1. The number of carboxylic acid groups (broad SMARTS) is 1. The van der Waals surface area contributed by atoms with Gasteiger partial charge >= 0.3 is 12.0 Å². The van der Waals surface area contributed by atoms with Crippen LogP contribution in [0.3, 0.4) is 0 Å². The number of carboxylic acids is 1. The van der Waals surface area contributed by atoms with Gasteiger partial charge in [-0.05, 0) is 30.9 Å². The highest BCUT2D eigenvalue weighted by atomic mass is 79.9. The van der Waals surface area contributed by atoms with Crippen molar-refractivity contribution in [3.63, 3.8) is 0 Å². The first-order valence-corrected chi connectivity index (χ1v) is 7.86. The minimum Gasteiger partial charge on any atom is -0.481 e. The number of amides is 2. The van der Waals surface area contributed by atoms with Gasteiger partial charge in [0.25, 0.3) is 0 Å². The van der Waals surface area contributed by atoms with Gasteiger partial charge in [-0.25, -0.2) is 4.79 Å². The molecular formula is C15H19BrN2O3. The molecule has 0 aromatic heterocycles. The first-order chi connectivity index (χ1) is 10.1. The van der Waals surface area contributed by atoms with Crippen LogP contribution in [0.1, 0.15) is 18.4 Å². The zero-order valence-corrected chi connectivity index (χ0v) is 13.3. The van der Waals surface area contributed by atoms with E-state index in [1.807, 2.05) is 24.3 Å². The maximum Gasteiger partial charge on any atom is 0.317 e. The minimum atomic E-state index is -0.819. The number of likely N-dealkylation sites (tertiary alicyclic amines) is 1. The molecule has 1 atom stereocenters. The smallest absolute Gasteiger partial charge is 0.317 e. The topological polar surface area (TPSA) is 69.6 Å². The molecule has 5 nitrogen and oxygen atoms in total. The molecule has 1 aliphatic rings. The van der Waals surface area contributed by atoms with Gasteiger partial charge in [-0.1, -0.05) is 34.1 Å². The van der Waals surface area contributed by atoms with Crippen molar-refractivity contribution in [2.45, 2.75) is 19.3 Å². The van der Waals surface area contributed by atoms with Gasteiger partial charge in [0.15, 0.2) is 0 Å². The Morgan fingerprint density at radius 1 is 1.38 bits per heavy atom. The van der Waals surface area contributed by atoms with Gasteiger partial charge in [0, 0.05) is 24.1 Å². The molecule has 1 fully saturated rings. The van der Waals surface area contributed by atoms with E-state index in [0.29, 0.717) is 26.1 Å². The number of aliphatic carboxylic acids is 1. The van der Waals surface area contributed by atoms with E-state index in [9.17, 15) is 9.59 Å². The first kappa shape index (κ1) is 15.8. The van der Waals surface area contributed by atoms with Crippen LogP contribution < -0.4 is 5.32 Å². The van der Waals surface area contributed by atoms with Crippen LogP contribution in [0.4, 0.5) is 4.79 Å². The normalized spacial score (nSPS) is 18.3. The van der Waals surface area contributed by atoms with Crippen molar-refractivity contribution >= 4 is 27.9 Å². The van der Waals surface area contributed by atoms with Crippen LogP contribution in [0, 0.1) is 5.92 Å². The molecule has 1 unspecified atom stereocenters. The molecule has 6 heteroatoms. The average Bonchev–Trinajstić information content (AvgIpc) is 2.49. The van der Waals surface area contributed by atoms with Gasteiger partial charge in [0.05, 0.1) is 5.92 Å². The van der Waals surface area contributed by atoms with Crippen LogP contribution in [0.15, 0.2) is 28.7 Å². The lowest BCUT2D eigenvalue weighted by Crippen LogP contribution is -2.47. The number of halogens is 1. The summed E-state index contributed by atoms with van der Waals surface area (Å²) in [4.78, 5) is 24.6. The maximum atomic E-state index is 12.1. The number of urea groups is 1. The molecule has 21 heavy (non-hydrogen) atoms. The van der Waals surface area contributed by atoms with Crippen molar-refractivity contribution in [2.75, 3.05) is 19.6 Å². The fourth-order valence-corrected chi connectivity index (χ4v) is 2.96. The molecule has 114 valence electrons. The molecule has 2 amide bonds. The number of hydrogen-bond donors (Lipinski definition) is 2. The molecule has 2 N–H and O–H groups in total. The van der Waals surface area contributed by atoms with E-state index in [-0.39, 0.29) is 6.03 Å². The summed E-state index contributed by atoms with van der Waals surface area (Å²) < 4.78 is 1.03. The van der Waals surface area contributed by atoms with Crippen molar-refractivity contribution in [1.29, 1.82) is 0 Å². The third-order valence-corrected chi connectivity index (χ3v) is 4.46. The summed E-state index contributed by atoms with van der Waals surface area (Å²) in [5.41, 5.74) is 1.14. The Labute approximate surface area is 132 Å². The molecule has 2 rings (SSSR count). The number of nitrogens with zero attached hydrogens (tertiary/aromatic N) is 1. The maximum absolute atomic E-state index is 12.1. The Bertz CT molecular complexity index is 521. The van der Waals surface area contributed by atoms with E-state index in [4.69, 9.17) is 5.11 Å². The number of benzene rings is 1. The molecule has 0 saturated carbocycles. The molecule has 1 heterocycles. The lowest BCUT2D eigenvalue weighted by Gasteiger charge is -2.30. The molecule has 0 radical (unpaired) electrons. The zero-order chi connectivity index (χ0) is 15.2. The first-order valence-electron chi connectivity index (χ1n) is 7.07. The third-order valence-electron chi connectivity index (χ3n) is 3.69. The van der Waals surface area contributed by atoms with Gasteiger partial charge in [0.2, 0.25) is 0 Å². The minimum absolute atomic E-state index is 0.173. The van der Waals surface area contributed by atoms with E-state index < -0.39 is 11.9 Å². The Morgan fingerprint density at radius 3 is 2.86 bits per heavy atom. The predicted octanol–water partition coefficient (Wildman–Crippen LogP) is 2.50. The van der Waals surface area contributed by atoms with Crippen molar-refractivity contribution in [1.82, 2.24) is 10.2 Å². The number of nitrogens with one attached hydrogen (secondary N) is 1. The highest BCUT2D eigenvalue weighted by Crippen LogP contribution is 2.17. The molecule has 1 aromatic rings. The van der Waals surface area contributed by atoms with Gasteiger partial charge in [-0.15, -0.1) is 0 Å². The molecule has 1 saturated heterocycles. The summed E-state index contributed by atoms with van der Waals surface area (Å²) in [5, 5.41) is 11.9. The van der Waals surface area contributed by atoms with Crippen molar-refractivity contribution < 1.29 is 14.7 Å². The van der Waals surface area contributed by atoms with E-state index >= 15 is 0 Å². The monoisotopic (exact) mass is 354 g/mol. The number of carbonyl (C=O) groups is 2. The lowest BCUT2D eigenvalue weighted by molar-refractivity contribution is -0.143. The second-order valence-electron chi connectivity index (χ2n) is 5.20. The summed E-state index contributed by atoms with van der Waals surface area (Å²) in [6.07, 6.45) is 2.13. The summed E-state index contributed by atoms with van der Waals surface area (Å²) in [6.45, 7) is 1.47. The number of hydrogen-bond acceptors (Lipinski definition) is 2. The Kier molecular flexibility index (Phi) is 5.61. The fraction of sp³-hybridized carbons (Fsp3) is 0.467. The van der Waals surface area contributed by atoms with Gasteiger partial charge in [0.1, 0.15) is 0 Å². The van der Waals surface area contributed by atoms with E-state index in [2.05, 4.69) is 21.2 Å². The Balaban J connectivity index is 1.79. The van der Waals surface area contributed by atoms with Crippen LogP contribution in [0.25, 0.3) is 0 Å². The zero-order valence-electron chi connectivity index (χ0n) is 11.7. The number of carbonyl (C=O) groups excluding carboxylic acids is 1. The van der Waals surface area contributed by atoms with Crippen molar-refractivity contribution in [2.24, 2.45) is 5.92 Å². The van der Waals surface area contributed by atoms with E-state index in [1.165, 1.54) is 0 Å². The van der Waals surface area contributed by atoms with E-state index in [0.717, 1.165) is 22.9 Å². The fourth-order valence-electron chi connectivity index (χ4n) is 2.48. The van der Waals surface area contributed by atoms with Crippen LogP contribution in [0.2, 0.25) is 0 Å². The largest absolute Gasteiger partial charge is 0.481 e. The molecule has 1 aliphatic heterocycles. The highest BCUT2D eigenvalue weighted by Gasteiger charge is 2.27. The van der Waals surface area contributed by atoms with Gasteiger partial charge < -0.3 is 15.3 Å². The third kappa shape index (κ3) is 4.46. The van der Waals surface area contributed by atoms with Crippen LogP contribution in [-0.4, -0.2) is 41.6 Å². The lowest BCUT2D eigenvalue weighted by atomic mass is 9.99. The number of rotatable bonds is 4. The van der Waals surface area contributed by atoms with Crippen LogP contribution >= 0.6 is 15.9 Å². The quantitative estimate of drug-likeness (QED) is 0.872. The standard InChI is InChI=1S/C15H19BrN2O3/c16-13-6-2-1-4-11(13)7-8-17-15(21)18-9-3-5-12(10-18)14(19)20/h1-2,4,6,12H,3,5,7-10H2,(H,17,21)(H,19,20).